The second-order valence-corrected chi connectivity index (χ2v) is 9.36. The standard InChI is InChI=1S/C25H22FNO4S/c26-20-10-12-21(13-11-20)27-23(19-8-6-18(7-9-19)16-22(28)29)24(25(27)30)32(31)15-14-17-4-2-1-3-5-17/h1-13,23-24H,14-16H2,(H,28,29)/t23-,24-,32?/m1/s1. The number of halogens is 1. The summed E-state index contributed by atoms with van der Waals surface area (Å²) in [6.07, 6.45) is 0.496. The Hall–Kier alpha value is -3.32. The Balaban J connectivity index is 1.59. The van der Waals surface area contributed by atoms with Crippen LogP contribution in [0, 0.1) is 5.82 Å². The maximum absolute atomic E-state index is 13.4. The van der Waals surface area contributed by atoms with Gasteiger partial charge in [-0.25, -0.2) is 4.39 Å². The summed E-state index contributed by atoms with van der Waals surface area (Å²) in [5.74, 6) is -1.24. The summed E-state index contributed by atoms with van der Waals surface area (Å²) in [4.78, 5) is 25.6. The van der Waals surface area contributed by atoms with Crippen LogP contribution in [-0.2, 0) is 33.2 Å². The zero-order valence-corrected chi connectivity index (χ0v) is 18.0. The summed E-state index contributed by atoms with van der Waals surface area (Å²) < 4.78 is 26.6. The first-order valence-electron chi connectivity index (χ1n) is 10.2. The van der Waals surface area contributed by atoms with E-state index in [0.29, 0.717) is 23.4 Å². The average Bonchev–Trinajstić information content (AvgIpc) is 2.78. The highest BCUT2D eigenvalue weighted by Gasteiger charge is 2.52. The normalized spacial score (nSPS) is 18.8. The van der Waals surface area contributed by atoms with E-state index in [0.717, 1.165) is 11.1 Å². The fraction of sp³-hybridized carbons (Fsp3) is 0.200. The molecule has 164 valence electrons. The van der Waals surface area contributed by atoms with E-state index in [1.807, 2.05) is 30.3 Å². The number of carbonyl (C=O) groups is 2. The van der Waals surface area contributed by atoms with Gasteiger partial charge in [0, 0.05) is 22.2 Å². The van der Waals surface area contributed by atoms with Gasteiger partial charge in [-0.05, 0) is 47.4 Å². The van der Waals surface area contributed by atoms with Gasteiger partial charge in [0.2, 0.25) is 5.91 Å². The maximum Gasteiger partial charge on any atom is 0.307 e. The number of anilines is 1. The number of hydrogen-bond acceptors (Lipinski definition) is 3. The molecule has 1 aliphatic rings. The van der Waals surface area contributed by atoms with Crippen molar-refractivity contribution in [2.75, 3.05) is 10.7 Å². The highest BCUT2D eigenvalue weighted by molar-refractivity contribution is 7.86. The number of carbonyl (C=O) groups excluding carboxylic acids is 1. The summed E-state index contributed by atoms with van der Waals surface area (Å²) in [6.45, 7) is 0. The van der Waals surface area contributed by atoms with Gasteiger partial charge in [-0.1, -0.05) is 54.6 Å². The van der Waals surface area contributed by atoms with Gasteiger partial charge in [0.25, 0.3) is 0 Å². The number of carboxylic acids is 1. The van der Waals surface area contributed by atoms with Crippen molar-refractivity contribution in [2.24, 2.45) is 0 Å². The van der Waals surface area contributed by atoms with Crippen molar-refractivity contribution in [3.05, 3.63) is 101 Å². The van der Waals surface area contributed by atoms with Gasteiger partial charge in [0.1, 0.15) is 11.1 Å². The van der Waals surface area contributed by atoms with Gasteiger partial charge in [0.15, 0.2) is 0 Å². The number of amides is 1. The van der Waals surface area contributed by atoms with Crippen LogP contribution >= 0.6 is 0 Å². The molecule has 32 heavy (non-hydrogen) atoms. The highest BCUT2D eigenvalue weighted by atomic mass is 32.2. The summed E-state index contributed by atoms with van der Waals surface area (Å²) in [5, 5.41) is 8.28. The first-order chi connectivity index (χ1) is 15.4. The van der Waals surface area contributed by atoms with E-state index in [1.54, 1.807) is 24.3 Å². The summed E-state index contributed by atoms with van der Waals surface area (Å²) in [5.41, 5.74) is 2.99. The third-order valence-electron chi connectivity index (χ3n) is 5.55. The molecular weight excluding hydrogens is 429 g/mol. The van der Waals surface area contributed by atoms with Crippen LogP contribution in [0.25, 0.3) is 0 Å². The zero-order chi connectivity index (χ0) is 22.7. The lowest BCUT2D eigenvalue weighted by Crippen LogP contribution is -2.61. The minimum Gasteiger partial charge on any atom is -0.481 e. The summed E-state index contributed by atoms with van der Waals surface area (Å²) in [7, 11) is -1.41. The molecule has 1 unspecified atom stereocenters. The number of rotatable bonds is 8. The molecule has 5 nitrogen and oxygen atoms in total. The van der Waals surface area contributed by atoms with Crippen molar-refractivity contribution < 1.29 is 23.3 Å². The third kappa shape index (κ3) is 4.62. The molecule has 3 aromatic carbocycles. The van der Waals surface area contributed by atoms with E-state index in [9.17, 15) is 18.2 Å². The van der Waals surface area contributed by atoms with Gasteiger partial charge in [0.05, 0.1) is 12.5 Å². The predicted octanol–water partition coefficient (Wildman–Crippen LogP) is 3.90. The molecule has 1 fully saturated rings. The number of benzene rings is 3. The van der Waals surface area contributed by atoms with Crippen molar-refractivity contribution in [1.29, 1.82) is 0 Å². The van der Waals surface area contributed by atoms with Gasteiger partial charge in [-0.3, -0.25) is 13.8 Å². The molecule has 1 N–H and O–H groups in total. The smallest absolute Gasteiger partial charge is 0.307 e. The van der Waals surface area contributed by atoms with Crippen molar-refractivity contribution in [3.63, 3.8) is 0 Å². The van der Waals surface area contributed by atoms with Gasteiger partial charge in [-0.15, -0.1) is 0 Å². The van der Waals surface area contributed by atoms with E-state index in [-0.39, 0.29) is 12.3 Å². The maximum atomic E-state index is 13.4. The first kappa shape index (κ1) is 21.9. The Morgan fingerprint density at radius 1 is 0.938 bits per heavy atom. The van der Waals surface area contributed by atoms with Crippen LogP contribution in [-0.4, -0.2) is 32.2 Å². The van der Waals surface area contributed by atoms with E-state index in [4.69, 9.17) is 5.11 Å². The lowest BCUT2D eigenvalue weighted by atomic mass is 9.91. The van der Waals surface area contributed by atoms with Crippen molar-refractivity contribution in [1.82, 2.24) is 0 Å². The Bertz CT molecular complexity index is 1130. The minimum absolute atomic E-state index is 0.0992. The van der Waals surface area contributed by atoms with E-state index in [1.165, 1.54) is 29.2 Å². The number of aryl methyl sites for hydroxylation is 1. The van der Waals surface area contributed by atoms with Crippen LogP contribution in [0.15, 0.2) is 78.9 Å². The van der Waals surface area contributed by atoms with Crippen molar-refractivity contribution in [2.45, 2.75) is 24.1 Å². The number of carboxylic acid groups (broad SMARTS) is 1. The molecule has 0 aliphatic carbocycles. The fourth-order valence-corrected chi connectivity index (χ4v) is 5.53. The number of nitrogens with zero attached hydrogens (tertiary/aromatic N) is 1. The Morgan fingerprint density at radius 2 is 1.59 bits per heavy atom. The highest BCUT2D eigenvalue weighted by Crippen LogP contribution is 2.42. The Kier molecular flexibility index (Phi) is 6.46. The Labute approximate surface area is 188 Å². The van der Waals surface area contributed by atoms with Crippen LogP contribution in [0.4, 0.5) is 10.1 Å². The van der Waals surface area contributed by atoms with Gasteiger partial charge < -0.3 is 10.0 Å². The molecule has 1 aliphatic heterocycles. The third-order valence-corrected chi connectivity index (χ3v) is 7.18. The molecule has 7 heteroatoms. The molecule has 1 amide bonds. The molecule has 1 heterocycles. The zero-order valence-electron chi connectivity index (χ0n) is 17.2. The molecule has 1 saturated heterocycles. The lowest BCUT2D eigenvalue weighted by molar-refractivity contribution is -0.136. The molecule has 3 atom stereocenters. The van der Waals surface area contributed by atoms with Crippen molar-refractivity contribution in [3.8, 4) is 0 Å². The molecular formula is C25H22FNO4S. The quantitative estimate of drug-likeness (QED) is 0.527. The fourth-order valence-electron chi connectivity index (χ4n) is 3.93. The van der Waals surface area contributed by atoms with Crippen LogP contribution in [0.5, 0.6) is 0 Å². The van der Waals surface area contributed by atoms with Crippen LogP contribution in [0.3, 0.4) is 0 Å². The average molecular weight is 452 g/mol. The summed E-state index contributed by atoms with van der Waals surface area (Å²) in [6, 6.07) is 21.8. The number of β-lactam (4-membered cyclic amide) rings is 1. The van der Waals surface area contributed by atoms with E-state index in [2.05, 4.69) is 0 Å². The van der Waals surface area contributed by atoms with Gasteiger partial charge >= 0.3 is 5.97 Å². The summed E-state index contributed by atoms with van der Waals surface area (Å²) >= 11 is 0. The minimum atomic E-state index is -1.41. The molecule has 0 saturated carbocycles. The van der Waals surface area contributed by atoms with Crippen LogP contribution < -0.4 is 4.90 Å². The molecule has 3 aromatic rings. The van der Waals surface area contributed by atoms with Crippen LogP contribution in [0.2, 0.25) is 0 Å². The molecule has 0 radical (unpaired) electrons. The van der Waals surface area contributed by atoms with Crippen LogP contribution in [0.1, 0.15) is 22.7 Å². The lowest BCUT2D eigenvalue weighted by Gasteiger charge is -2.46. The SMILES string of the molecule is O=C(O)Cc1ccc([C@@H]2[C@@H](S(=O)CCc3ccccc3)C(=O)N2c2ccc(F)cc2)cc1. The van der Waals surface area contributed by atoms with E-state index >= 15 is 0 Å². The van der Waals surface area contributed by atoms with Gasteiger partial charge in [-0.2, -0.15) is 0 Å². The predicted molar refractivity (Wildman–Crippen MR) is 121 cm³/mol. The molecule has 0 bridgehead atoms. The molecule has 0 aromatic heterocycles. The number of aliphatic carboxylic acids is 1. The second-order valence-electron chi connectivity index (χ2n) is 7.68. The van der Waals surface area contributed by atoms with E-state index < -0.39 is 33.9 Å². The second kappa shape index (κ2) is 9.44. The molecule has 0 spiro atoms. The topological polar surface area (TPSA) is 74.7 Å². The largest absolute Gasteiger partial charge is 0.481 e. The number of hydrogen-bond donors (Lipinski definition) is 1. The monoisotopic (exact) mass is 451 g/mol. The first-order valence-corrected chi connectivity index (χ1v) is 11.6. The Morgan fingerprint density at radius 3 is 2.22 bits per heavy atom. The van der Waals surface area contributed by atoms with Crippen molar-refractivity contribution >= 4 is 28.4 Å². The molecule has 4 rings (SSSR count).